The summed E-state index contributed by atoms with van der Waals surface area (Å²) in [5.41, 5.74) is 1.60. The van der Waals surface area contributed by atoms with Gasteiger partial charge in [0, 0.05) is 0 Å². The number of benzene rings is 1. The molecule has 1 unspecified atom stereocenters. The zero-order chi connectivity index (χ0) is 16.7. The molecule has 2 aromatic rings. The number of hydrogen-bond acceptors (Lipinski definition) is 3. The van der Waals surface area contributed by atoms with Crippen LogP contribution in [0.4, 0.5) is 0 Å². The molecule has 0 saturated heterocycles. The van der Waals surface area contributed by atoms with Crippen molar-refractivity contribution in [1.29, 1.82) is 5.26 Å². The Hall–Kier alpha value is -2.45. The van der Waals surface area contributed by atoms with Gasteiger partial charge in [-0.15, -0.1) is 0 Å². The third kappa shape index (κ3) is 4.76. The van der Waals surface area contributed by atoms with Gasteiger partial charge in [0.1, 0.15) is 16.2 Å². The smallest absolute Gasteiger partial charge is 0.262 e. The van der Waals surface area contributed by atoms with E-state index in [4.69, 9.17) is 0 Å². The van der Waals surface area contributed by atoms with Gasteiger partial charge in [0.15, 0.2) is 0 Å². The standard InChI is InChI=1S/C18H16BrN3O/c1-2-16(13-7-4-3-5-8-13)22-18(23)14(12-20)11-15-9-6-10-17(19)21-15/h3-11,16H,2H2,1H3,(H,22,23). The number of carbonyl (C=O) groups excluding carboxylic acids is 1. The highest BCUT2D eigenvalue weighted by Crippen LogP contribution is 2.17. The highest BCUT2D eigenvalue weighted by Gasteiger charge is 2.16. The molecule has 1 aromatic heterocycles. The van der Waals surface area contributed by atoms with Crippen molar-refractivity contribution in [2.45, 2.75) is 19.4 Å². The zero-order valence-corrected chi connectivity index (χ0v) is 14.2. The molecule has 0 aliphatic carbocycles. The molecule has 1 amide bonds. The predicted molar refractivity (Wildman–Crippen MR) is 93.1 cm³/mol. The van der Waals surface area contributed by atoms with Crippen LogP contribution in [0.5, 0.6) is 0 Å². The van der Waals surface area contributed by atoms with Crippen LogP contribution in [-0.4, -0.2) is 10.9 Å². The maximum atomic E-state index is 12.4. The van der Waals surface area contributed by atoms with Crippen molar-refractivity contribution < 1.29 is 4.79 Å². The first-order valence-corrected chi connectivity index (χ1v) is 8.03. The molecule has 5 heteroatoms. The summed E-state index contributed by atoms with van der Waals surface area (Å²) < 4.78 is 0.652. The molecular formula is C18H16BrN3O. The molecule has 0 aliphatic rings. The van der Waals surface area contributed by atoms with Crippen molar-refractivity contribution in [3.05, 3.63) is 70.0 Å². The minimum Gasteiger partial charge on any atom is -0.345 e. The van der Waals surface area contributed by atoms with Crippen molar-refractivity contribution >= 4 is 27.9 Å². The van der Waals surface area contributed by atoms with Gasteiger partial charge in [-0.2, -0.15) is 5.26 Å². The lowest BCUT2D eigenvalue weighted by Gasteiger charge is -2.17. The van der Waals surface area contributed by atoms with Crippen molar-refractivity contribution in [3.8, 4) is 6.07 Å². The summed E-state index contributed by atoms with van der Waals surface area (Å²) in [6.07, 6.45) is 2.22. The second kappa shape index (κ2) is 8.25. The molecule has 0 fully saturated rings. The van der Waals surface area contributed by atoms with E-state index in [2.05, 4.69) is 26.2 Å². The van der Waals surface area contributed by atoms with Gasteiger partial charge in [-0.3, -0.25) is 4.79 Å². The Morgan fingerprint density at radius 3 is 2.65 bits per heavy atom. The first-order chi connectivity index (χ1) is 11.1. The summed E-state index contributed by atoms with van der Waals surface area (Å²) in [6.45, 7) is 1.99. The fourth-order valence-corrected chi connectivity index (χ4v) is 2.50. The molecule has 1 N–H and O–H groups in total. The van der Waals surface area contributed by atoms with E-state index in [0.717, 1.165) is 12.0 Å². The van der Waals surface area contributed by atoms with Gasteiger partial charge >= 0.3 is 0 Å². The van der Waals surface area contributed by atoms with E-state index >= 15 is 0 Å². The Morgan fingerprint density at radius 2 is 2.04 bits per heavy atom. The number of nitrogens with zero attached hydrogens (tertiary/aromatic N) is 2. The molecule has 1 atom stereocenters. The van der Waals surface area contributed by atoms with Gasteiger partial charge < -0.3 is 5.32 Å². The molecule has 0 aliphatic heterocycles. The lowest BCUT2D eigenvalue weighted by molar-refractivity contribution is -0.117. The van der Waals surface area contributed by atoms with Crippen LogP contribution in [0, 0.1) is 11.3 Å². The number of pyridine rings is 1. The molecule has 4 nitrogen and oxygen atoms in total. The molecular weight excluding hydrogens is 354 g/mol. The number of rotatable bonds is 5. The fourth-order valence-electron chi connectivity index (χ4n) is 2.14. The molecule has 2 rings (SSSR count). The Morgan fingerprint density at radius 1 is 1.30 bits per heavy atom. The van der Waals surface area contributed by atoms with Crippen LogP contribution in [0.15, 0.2) is 58.7 Å². The zero-order valence-electron chi connectivity index (χ0n) is 12.7. The molecule has 23 heavy (non-hydrogen) atoms. The third-order valence-corrected chi connectivity index (χ3v) is 3.75. The number of hydrogen-bond donors (Lipinski definition) is 1. The van der Waals surface area contributed by atoms with Gasteiger partial charge in [0.2, 0.25) is 0 Å². The summed E-state index contributed by atoms with van der Waals surface area (Å²) in [5, 5.41) is 12.2. The number of aromatic nitrogens is 1. The maximum Gasteiger partial charge on any atom is 0.262 e. The molecule has 1 aromatic carbocycles. The number of nitrogens with one attached hydrogen (secondary N) is 1. The van der Waals surface area contributed by atoms with Crippen LogP contribution in [-0.2, 0) is 4.79 Å². The second-order valence-electron chi connectivity index (χ2n) is 4.90. The average molecular weight is 370 g/mol. The number of carbonyl (C=O) groups is 1. The van der Waals surface area contributed by atoms with Crippen LogP contribution in [0.3, 0.4) is 0 Å². The van der Waals surface area contributed by atoms with Crippen LogP contribution >= 0.6 is 15.9 Å². The average Bonchev–Trinajstić information content (AvgIpc) is 2.58. The predicted octanol–water partition coefficient (Wildman–Crippen LogP) is 4.02. The van der Waals surface area contributed by atoms with Gasteiger partial charge in [0.25, 0.3) is 5.91 Å². The fraction of sp³-hybridized carbons (Fsp3) is 0.167. The summed E-state index contributed by atoms with van der Waals surface area (Å²) in [6, 6.07) is 16.8. The normalized spacial score (nSPS) is 12.3. The van der Waals surface area contributed by atoms with Crippen LogP contribution < -0.4 is 5.32 Å². The maximum absolute atomic E-state index is 12.4. The van der Waals surface area contributed by atoms with E-state index < -0.39 is 5.91 Å². The monoisotopic (exact) mass is 369 g/mol. The van der Waals surface area contributed by atoms with Gasteiger partial charge in [-0.25, -0.2) is 4.98 Å². The van der Waals surface area contributed by atoms with E-state index in [0.29, 0.717) is 10.3 Å². The number of halogens is 1. The third-order valence-electron chi connectivity index (χ3n) is 3.31. The molecule has 0 radical (unpaired) electrons. The lowest BCUT2D eigenvalue weighted by Crippen LogP contribution is -2.29. The number of nitriles is 1. The van der Waals surface area contributed by atoms with Crippen molar-refractivity contribution in [1.82, 2.24) is 10.3 Å². The Bertz CT molecular complexity index is 750. The van der Waals surface area contributed by atoms with Crippen molar-refractivity contribution in [2.24, 2.45) is 0 Å². The van der Waals surface area contributed by atoms with Crippen molar-refractivity contribution in [2.75, 3.05) is 0 Å². The molecule has 116 valence electrons. The molecule has 0 spiro atoms. The van der Waals surface area contributed by atoms with E-state index in [1.165, 1.54) is 6.08 Å². The Labute approximate surface area is 144 Å². The lowest BCUT2D eigenvalue weighted by atomic mass is 10.0. The number of amides is 1. The second-order valence-corrected chi connectivity index (χ2v) is 5.71. The highest BCUT2D eigenvalue weighted by molar-refractivity contribution is 9.10. The van der Waals surface area contributed by atoms with E-state index in [1.807, 2.05) is 43.3 Å². The van der Waals surface area contributed by atoms with Crippen LogP contribution in [0.1, 0.15) is 30.6 Å². The van der Waals surface area contributed by atoms with Crippen LogP contribution in [0.25, 0.3) is 6.08 Å². The Kier molecular flexibility index (Phi) is 6.07. The quantitative estimate of drug-likeness (QED) is 0.491. The minimum absolute atomic E-state index is 0.0324. The van der Waals surface area contributed by atoms with E-state index in [9.17, 15) is 10.1 Å². The van der Waals surface area contributed by atoms with Gasteiger partial charge in [-0.1, -0.05) is 43.3 Å². The van der Waals surface area contributed by atoms with Crippen LogP contribution in [0.2, 0.25) is 0 Å². The topological polar surface area (TPSA) is 65.8 Å². The minimum atomic E-state index is -0.398. The first-order valence-electron chi connectivity index (χ1n) is 7.24. The van der Waals surface area contributed by atoms with E-state index in [1.54, 1.807) is 18.2 Å². The van der Waals surface area contributed by atoms with Gasteiger partial charge in [-0.05, 0) is 46.1 Å². The SMILES string of the molecule is CCC(NC(=O)C(C#N)=Cc1cccc(Br)n1)c1ccccc1. The molecule has 0 saturated carbocycles. The summed E-state index contributed by atoms with van der Waals surface area (Å²) in [4.78, 5) is 16.6. The molecule has 0 bridgehead atoms. The van der Waals surface area contributed by atoms with Gasteiger partial charge in [0.05, 0.1) is 11.7 Å². The van der Waals surface area contributed by atoms with Crippen molar-refractivity contribution in [3.63, 3.8) is 0 Å². The first kappa shape index (κ1) is 16.9. The molecule has 1 heterocycles. The summed E-state index contributed by atoms with van der Waals surface area (Å²) >= 11 is 3.27. The Balaban J connectivity index is 2.18. The van der Waals surface area contributed by atoms with E-state index in [-0.39, 0.29) is 11.6 Å². The highest BCUT2D eigenvalue weighted by atomic mass is 79.9. The summed E-state index contributed by atoms with van der Waals surface area (Å²) in [7, 11) is 0. The summed E-state index contributed by atoms with van der Waals surface area (Å²) in [5.74, 6) is -0.398. The largest absolute Gasteiger partial charge is 0.345 e.